The Bertz CT molecular complexity index is 855. The SMILES string of the molecule is O=C(C1=C(O)C(=O)N(CCCN2CCOCC2)[C@@H]1c1cccs1)c1cccs1. The van der Waals surface area contributed by atoms with Gasteiger partial charge in [-0.25, -0.2) is 0 Å². The molecule has 0 bridgehead atoms. The van der Waals surface area contributed by atoms with Crippen molar-refractivity contribution in [1.29, 1.82) is 0 Å². The van der Waals surface area contributed by atoms with Gasteiger partial charge >= 0.3 is 0 Å². The first-order chi connectivity index (χ1) is 13.7. The summed E-state index contributed by atoms with van der Waals surface area (Å²) < 4.78 is 5.37. The zero-order valence-corrected chi connectivity index (χ0v) is 17.0. The summed E-state index contributed by atoms with van der Waals surface area (Å²) in [7, 11) is 0. The Hall–Kier alpha value is -2.00. The van der Waals surface area contributed by atoms with Crippen LogP contribution in [0.1, 0.15) is 27.0 Å². The lowest BCUT2D eigenvalue weighted by molar-refractivity contribution is -0.129. The molecule has 0 aliphatic carbocycles. The number of ketones is 1. The lowest BCUT2D eigenvalue weighted by Crippen LogP contribution is -2.39. The molecule has 0 aromatic carbocycles. The van der Waals surface area contributed by atoms with Crippen LogP contribution in [0.4, 0.5) is 0 Å². The quantitative estimate of drug-likeness (QED) is 0.700. The highest BCUT2D eigenvalue weighted by atomic mass is 32.1. The van der Waals surface area contributed by atoms with E-state index in [0.717, 1.165) is 44.1 Å². The Labute approximate surface area is 171 Å². The number of thiophene rings is 2. The van der Waals surface area contributed by atoms with Gasteiger partial charge in [-0.3, -0.25) is 14.5 Å². The average Bonchev–Trinajstić information content (AvgIpc) is 3.46. The highest BCUT2D eigenvalue weighted by Crippen LogP contribution is 2.41. The number of Topliss-reactive ketones (excluding diaryl/α,β-unsaturated/α-hetero) is 1. The summed E-state index contributed by atoms with van der Waals surface area (Å²) in [6, 6.07) is 6.82. The normalized spacial score (nSPS) is 20.9. The van der Waals surface area contributed by atoms with Gasteiger partial charge in [0.05, 0.1) is 29.7 Å². The Morgan fingerprint density at radius 3 is 2.57 bits per heavy atom. The number of amides is 1. The van der Waals surface area contributed by atoms with Gasteiger partial charge in [-0.1, -0.05) is 12.1 Å². The first kappa shape index (κ1) is 19.3. The van der Waals surface area contributed by atoms with Crippen molar-refractivity contribution < 1.29 is 19.4 Å². The first-order valence-corrected chi connectivity index (χ1v) is 11.1. The van der Waals surface area contributed by atoms with Crippen LogP contribution < -0.4 is 0 Å². The summed E-state index contributed by atoms with van der Waals surface area (Å²) in [4.78, 5) is 31.2. The standard InChI is InChI=1S/C20H22N2O4S2/c23-18(15-5-2-13-28-15)16-17(14-4-1-12-27-14)22(20(25)19(16)24)7-3-6-21-8-10-26-11-9-21/h1-2,4-5,12-13,17,24H,3,6-11H2/t17-/m1/s1. The molecule has 28 heavy (non-hydrogen) atoms. The van der Waals surface area contributed by atoms with Gasteiger partial charge in [-0.15, -0.1) is 22.7 Å². The number of rotatable bonds is 7. The van der Waals surface area contributed by atoms with Crippen LogP contribution in [0.15, 0.2) is 46.4 Å². The van der Waals surface area contributed by atoms with Crippen molar-refractivity contribution >= 4 is 34.4 Å². The number of hydrogen-bond donors (Lipinski definition) is 1. The molecule has 1 amide bonds. The smallest absolute Gasteiger partial charge is 0.290 e. The lowest BCUT2D eigenvalue weighted by atomic mass is 10.0. The molecule has 4 heterocycles. The van der Waals surface area contributed by atoms with Crippen molar-refractivity contribution in [3.63, 3.8) is 0 Å². The van der Waals surface area contributed by atoms with Crippen LogP contribution in [-0.4, -0.2) is 66.0 Å². The summed E-state index contributed by atoms with van der Waals surface area (Å²) in [6.45, 7) is 4.62. The molecular weight excluding hydrogens is 396 g/mol. The number of aliphatic hydroxyl groups is 1. The third-order valence-electron chi connectivity index (χ3n) is 5.08. The molecular formula is C20H22N2O4S2. The fourth-order valence-electron chi connectivity index (χ4n) is 3.69. The Morgan fingerprint density at radius 1 is 1.14 bits per heavy atom. The molecule has 1 N–H and O–H groups in total. The maximum atomic E-state index is 13.0. The zero-order valence-electron chi connectivity index (χ0n) is 15.4. The third kappa shape index (κ3) is 3.77. The monoisotopic (exact) mass is 418 g/mol. The summed E-state index contributed by atoms with van der Waals surface area (Å²) in [5.41, 5.74) is 0.196. The number of nitrogens with zero attached hydrogens (tertiary/aromatic N) is 2. The third-order valence-corrected chi connectivity index (χ3v) is 6.88. The van der Waals surface area contributed by atoms with Crippen LogP contribution in [0.2, 0.25) is 0 Å². The van der Waals surface area contributed by atoms with Crippen molar-refractivity contribution in [2.45, 2.75) is 12.5 Å². The fourth-order valence-corrected chi connectivity index (χ4v) is 5.21. The minimum absolute atomic E-state index is 0.196. The molecule has 8 heteroatoms. The van der Waals surface area contributed by atoms with Crippen LogP contribution in [0.3, 0.4) is 0 Å². The number of carbonyl (C=O) groups excluding carboxylic acids is 2. The van der Waals surface area contributed by atoms with Crippen molar-refractivity contribution in [2.24, 2.45) is 0 Å². The number of morpholine rings is 1. The highest BCUT2D eigenvalue weighted by Gasteiger charge is 2.44. The van der Waals surface area contributed by atoms with Crippen LogP contribution in [-0.2, 0) is 9.53 Å². The molecule has 6 nitrogen and oxygen atoms in total. The van der Waals surface area contributed by atoms with E-state index in [4.69, 9.17) is 4.74 Å². The van der Waals surface area contributed by atoms with E-state index in [-0.39, 0.29) is 11.4 Å². The molecule has 1 fully saturated rings. The number of hydrogen-bond acceptors (Lipinski definition) is 7. The van der Waals surface area contributed by atoms with E-state index in [0.29, 0.717) is 11.4 Å². The fraction of sp³-hybridized carbons (Fsp3) is 0.400. The summed E-state index contributed by atoms with van der Waals surface area (Å²) in [5.74, 6) is -1.14. The predicted octanol–water partition coefficient (Wildman–Crippen LogP) is 3.11. The number of aliphatic hydroxyl groups excluding tert-OH is 1. The van der Waals surface area contributed by atoms with Gasteiger partial charge in [0.15, 0.2) is 5.76 Å². The molecule has 0 spiro atoms. The topological polar surface area (TPSA) is 70.1 Å². The second kappa shape index (κ2) is 8.57. The average molecular weight is 419 g/mol. The second-order valence-electron chi connectivity index (χ2n) is 6.79. The molecule has 2 aromatic heterocycles. The maximum absolute atomic E-state index is 13.0. The van der Waals surface area contributed by atoms with E-state index in [1.165, 1.54) is 22.7 Å². The second-order valence-corrected chi connectivity index (χ2v) is 8.72. The Balaban J connectivity index is 1.54. The van der Waals surface area contributed by atoms with Crippen LogP contribution >= 0.6 is 22.7 Å². The van der Waals surface area contributed by atoms with E-state index >= 15 is 0 Å². The van der Waals surface area contributed by atoms with Gasteiger partial charge in [0.1, 0.15) is 0 Å². The molecule has 2 aliphatic heterocycles. The lowest BCUT2D eigenvalue weighted by Gasteiger charge is -2.29. The molecule has 0 radical (unpaired) electrons. The van der Waals surface area contributed by atoms with Crippen LogP contribution in [0.25, 0.3) is 0 Å². The summed E-state index contributed by atoms with van der Waals surface area (Å²) in [5, 5.41) is 14.3. The number of ether oxygens (including phenoxy) is 1. The van der Waals surface area contributed by atoms with Crippen molar-refractivity contribution in [2.75, 3.05) is 39.4 Å². The van der Waals surface area contributed by atoms with Crippen molar-refractivity contribution in [1.82, 2.24) is 9.80 Å². The molecule has 0 saturated carbocycles. The molecule has 2 aromatic rings. The molecule has 2 aliphatic rings. The maximum Gasteiger partial charge on any atom is 0.290 e. The Kier molecular flexibility index (Phi) is 5.91. The predicted molar refractivity (Wildman–Crippen MR) is 109 cm³/mol. The minimum atomic E-state index is -0.521. The van der Waals surface area contributed by atoms with E-state index in [1.807, 2.05) is 22.9 Å². The molecule has 0 unspecified atom stereocenters. The van der Waals surface area contributed by atoms with E-state index in [1.54, 1.807) is 17.0 Å². The van der Waals surface area contributed by atoms with Gasteiger partial charge < -0.3 is 14.7 Å². The van der Waals surface area contributed by atoms with Gasteiger partial charge in [0.25, 0.3) is 5.91 Å². The van der Waals surface area contributed by atoms with Gasteiger partial charge in [0, 0.05) is 31.1 Å². The van der Waals surface area contributed by atoms with Gasteiger partial charge in [0.2, 0.25) is 5.78 Å². The van der Waals surface area contributed by atoms with E-state index in [9.17, 15) is 14.7 Å². The molecule has 4 rings (SSSR count). The summed E-state index contributed by atoms with van der Waals surface area (Å²) >= 11 is 2.81. The van der Waals surface area contributed by atoms with E-state index < -0.39 is 17.7 Å². The van der Waals surface area contributed by atoms with Gasteiger partial charge in [-0.05, 0) is 29.3 Å². The zero-order chi connectivity index (χ0) is 19.5. The molecule has 1 atom stereocenters. The first-order valence-electron chi connectivity index (χ1n) is 9.32. The van der Waals surface area contributed by atoms with Crippen molar-refractivity contribution in [3.05, 3.63) is 56.1 Å². The van der Waals surface area contributed by atoms with Crippen LogP contribution in [0.5, 0.6) is 0 Å². The minimum Gasteiger partial charge on any atom is -0.503 e. The van der Waals surface area contributed by atoms with Crippen molar-refractivity contribution in [3.8, 4) is 0 Å². The summed E-state index contributed by atoms with van der Waals surface area (Å²) in [6.07, 6.45) is 0.779. The number of carbonyl (C=O) groups is 2. The van der Waals surface area contributed by atoms with Crippen LogP contribution in [0, 0.1) is 0 Å². The van der Waals surface area contributed by atoms with Gasteiger partial charge in [-0.2, -0.15) is 0 Å². The highest BCUT2D eigenvalue weighted by molar-refractivity contribution is 7.12. The largest absolute Gasteiger partial charge is 0.503 e. The molecule has 1 saturated heterocycles. The van der Waals surface area contributed by atoms with E-state index in [2.05, 4.69) is 4.90 Å². The molecule has 148 valence electrons. The Morgan fingerprint density at radius 2 is 1.89 bits per heavy atom.